The fourth-order valence-corrected chi connectivity index (χ4v) is 2.82. The monoisotopic (exact) mass is 340 g/mol. The molecule has 0 aliphatic carbocycles. The lowest BCUT2D eigenvalue weighted by Crippen LogP contribution is -2.50. The Kier molecular flexibility index (Phi) is 5.56. The van der Waals surface area contributed by atoms with Crippen molar-refractivity contribution in [2.45, 2.75) is 12.8 Å². The molecule has 0 radical (unpaired) electrons. The number of carbonyl (C=O) groups excluding carboxylic acids is 2. The van der Waals surface area contributed by atoms with Gasteiger partial charge in [0.05, 0.1) is 31.2 Å². The lowest BCUT2D eigenvalue weighted by atomic mass is 10.2. The molecule has 25 heavy (non-hydrogen) atoms. The molecule has 2 amide bonds. The maximum Gasteiger partial charge on any atom is 0.274 e. The van der Waals surface area contributed by atoms with E-state index < -0.39 is 0 Å². The maximum absolute atomic E-state index is 12.3. The largest absolute Gasteiger partial charge is 0.335 e. The van der Waals surface area contributed by atoms with Gasteiger partial charge < -0.3 is 10.2 Å². The number of piperazine rings is 1. The fraction of sp³-hybridized carbons (Fsp3) is 0.333. The van der Waals surface area contributed by atoms with Gasteiger partial charge in [0, 0.05) is 25.1 Å². The highest BCUT2D eigenvalue weighted by atomic mass is 16.2. The molecular weight excluding hydrogens is 318 g/mol. The summed E-state index contributed by atoms with van der Waals surface area (Å²) in [6.07, 6.45) is 5.53. The summed E-state index contributed by atoms with van der Waals surface area (Å²) in [5, 5.41) is 2.74. The number of anilines is 2. The molecule has 1 aliphatic heterocycles. The second-order valence-electron chi connectivity index (χ2n) is 5.91. The molecule has 0 bridgehead atoms. The van der Waals surface area contributed by atoms with Crippen LogP contribution in [0.2, 0.25) is 0 Å². The maximum atomic E-state index is 12.3. The molecule has 7 nitrogen and oxygen atoms in total. The number of H-pyrrole nitrogens is 1. The SMILES string of the molecule is O=C(CCC(=O)N1CCN(c2cccc[nH+]2)CC1)Nc1cccnc1. The van der Waals surface area contributed by atoms with Crippen LogP contribution in [0.4, 0.5) is 11.5 Å². The highest BCUT2D eigenvalue weighted by molar-refractivity contribution is 5.93. The molecule has 0 saturated carbocycles. The van der Waals surface area contributed by atoms with Crippen molar-refractivity contribution in [2.24, 2.45) is 0 Å². The van der Waals surface area contributed by atoms with Crippen LogP contribution in [0.3, 0.4) is 0 Å². The first-order valence-corrected chi connectivity index (χ1v) is 8.42. The van der Waals surface area contributed by atoms with E-state index in [1.54, 1.807) is 24.5 Å². The zero-order valence-corrected chi connectivity index (χ0v) is 14.0. The molecule has 1 fully saturated rings. The third kappa shape index (κ3) is 4.76. The van der Waals surface area contributed by atoms with Gasteiger partial charge in [-0.3, -0.25) is 19.5 Å². The van der Waals surface area contributed by atoms with Gasteiger partial charge in [-0.25, -0.2) is 4.98 Å². The van der Waals surface area contributed by atoms with Crippen LogP contribution >= 0.6 is 0 Å². The summed E-state index contributed by atoms with van der Waals surface area (Å²) in [4.78, 5) is 35.4. The Balaban J connectivity index is 1.41. The number of carbonyl (C=O) groups is 2. The van der Waals surface area contributed by atoms with Gasteiger partial charge >= 0.3 is 0 Å². The first-order valence-electron chi connectivity index (χ1n) is 8.42. The Morgan fingerprint density at radius 2 is 1.92 bits per heavy atom. The average molecular weight is 340 g/mol. The lowest BCUT2D eigenvalue weighted by Gasteiger charge is -2.31. The van der Waals surface area contributed by atoms with Gasteiger partial charge in [-0.15, -0.1) is 0 Å². The summed E-state index contributed by atoms with van der Waals surface area (Å²) in [6, 6.07) is 9.49. The van der Waals surface area contributed by atoms with E-state index in [0.717, 1.165) is 18.9 Å². The van der Waals surface area contributed by atoms with Gasteiger partial charge in [-0.2, -0.15) is 0 Å². The van der Waals surface area contributed by atoms with Crippen LogP contribution in [-0.4, -0.2) is 47.9 Å². The Labute approximate surface area is 146 Å². The van der Waals surface area contributed by atoms with Crippen LogP contribution in [0.5, 0.6) is 0 Å². The molecular formula is C18H22N5O2+. The van der Waals surface area contributed by atoms with Gasteiger partial charge in [0.1, 0.15) is 13.1 Å². The number of nitrogens with zero attached hydrogens (tertiary/aromatic N) is 3. The Bertz CT molecular complexity index is 700. The second-order valence-corrected chi connectivity index (χ2v) is 5.91. The van der Waals surface area contributed by atoms with Crippen LogP contribution in [0.15, 0.2) is 48.9 Å². The molecule has 1 saturated heterocycles. The number of pyridine rings is 2. The number of aromatic nitrogens is 2. The van der Waals surface area contributed by atoms with Crippen molar-refractivity contribution in [1.29, 1.82) is 0 Å². The number of hydrogen-bond acceptors (Lipinski definition) is 4. The van der Waals surface area contributed by atoms with E-state index in [-0.39, 0.29) is 24.7 Å². The van der Waals surface area contributed by atoms with Crippen molar-refractivity contribution >= 4 is 23.3 Å². The predicted octanol–water partition coefficient (Wildman–Crippen LogP) is 0.963. The van der Waals surface area contributed by atoms with Crippen LogP contribution < -0.4 is 15.2 Å². The molecule has 2 N–H and O–H groups in total. The number of amides is 2. The minimum atomic E-state index is -0.168. The molecule has 3 heterocycles. The normalized spacial score (nSPS) is 14.2. The minimum Gasteiger partial charge on any atom is -0.335 e. The third-order valence-electron chi connectivity index (χ3n) is 4.18. The van der Waals surface area contributed by atoms with Crippen LogP contribution in [-0.2, 0) is 9.59 Å². The topological polar surface area (TPSA) is 79.7 Å². The van der Waals surface area contributed by atoms with E-state index in [4.69, 9.17) is 0 Å². The molecule has 2 aromatic rings. The standard InChI is InChI=1S/C18H21N5O2/c24-17(21-15-4-3-8-19-14-15)6-7-18(25)23-12-10-22(11-13-23)16-5-1-2-9-20-16/h1-5,8-9,14H,6-7,10-13H2,(H,21,24)/p+1. The van der Waals surface area contributed by atoms with Gasteiger partial charge in [0.2, 0.25) is 11.8 Å². The molecule has 130 valence electrons. The van der Waals surface area contributed by atoms with Crippen molar-refractivity contribution in [1.82, 2.24) is 9.88 Å². The molecule has 0 atom stereocenters. The Morgan fingerprint density at radius 3 is 2.60 bits per heavy atom. The highest BCUT2D eigenvalue weighted by Crippen LogP contribution is 2.11. The first kappa shape index (κ1) is 16.9. The minimum absolute atomic E-state index is 0.0260. The van der Waals surface area contributed by atoms with Crippen molar-refractivity contribution in [3.63, 3.8) is 0 Å². The third-order valence-corrected chi connectivity index (χ3v) is 4.18. The number of rotatable bonds is 5. The summed E-state index contributed by atoms with van der Waals surface area (Å²) < 4.78 is 0. The summed E-state index contributed by atoms with van der Waals surface area (Å²) >= 11 is 0. The zero-order valence-electron chi connectivity index (χ0n) is 14.0. The van der Waals surface area contributed by atoms with E-state index in [2.05, 4.69) is 20.2 Å². The van der Waals surface area contributed by atoms with Crippen LogP contribution in [0.25, 0.3) is 0 Å². The van der Waals surface area contributed by atoms with E-state index in [1.165, 1.54) is 0 Å². The molecule has 0 aromatic carbocycles. The summed E-state index contributed by atoms with van der Waals surface area (Å²) in [6.45, 7) is 2.92. The molecule has 0 spiro atoms. The molecule has 7 heteroatoms. The first-order chi connectivity index (χ1) is 12.2. The average Bonchev–Trinajstić information content (AvgIpc) is 2.68. The lowest BCUT2D eigenvalue weighted by molar-refractivity contribution is -0.364. The van der Waals surface area contributed by atoms with Gasteiger partial charge in [0.25, 0.3) is 5.82 Å². The Morgan fingerprint density at radius 1 is 1.08 bits per heavy atom. The van der Waals surface area contributed by atoms with Crippen molar-refractivity contribution in [3.8, 4) is 0 Å². The van der Waals surface area contributed by atoms with Crippen molar-refractivity contribution in [3.05, 3.63) is 48.9 Å². The van der Waals surface area contributed by atoms with Crippen molar-refractivity contribution in [2.75, 3.05) is 36.4 Å². The van der Waals surface area contributed by atoms with E-state index in [1.807, 2.05) is 29.3 Å². The van der Waals surface area contributed by atoms with Gasteiger partial charge in [-0.05, 0) is 18.2 Å². The summed E-state index contributed by atoms with van der Waals surface area (Å²) in [5.74, 6) is 0.919. The van der Waals surface area contributed by atoms with Gasteiger partial charge in [-0.1, -0.05) is 6.07 Å². The van der Waals surface area contributed by atoms with Gasteiger partial charge in [0.15, 0.2) is 0 Å². The van der Waals surface area contributed by atoms with Crippen molar-refractivity contribution < 1.29 is 14.6 Å². The molecule has 0 unspecified atom stereocenters. The summed E-state index contributed by atoms with van der Waals surface area (Å²) in [5.41, 5.74) is 0.646. The Hall–Kier alpha value is -2.96. The zero-order chi connectivity index (χ0) is 17.5. The molecule has 2 aromatic heterocycles. The quantitative estimate of drug-likeness (QED) is 0.879. The van der Waals surface area contributed by atoms with E-state index in [9.17, 15) is 9.59 Å². The highest BCUT2D eigenvalue weighted by Gasteiger charge is 2.26. The fourth-order valence-electron chi connectivity index (χ4n) is 2.82. The smallest absolute Gasteiger partial charge is 0.274 e. The number of nitrogens with one attached hydrogen (secondary N) is 2. The van der Waals surface area contributed by atoms with Crippen LogP contribution in [0, 0.1) is 0 Å². The number of hydrogen-bond donors (Lipinski definition) is 1. The molecule has 1 aliphatic rings. The second kappa shape index (κ2) is 8.23. The summed E-state index contributed by atoms with van der Waals surface area (Å²) in [7, 11) is 0. The van der Waals surface area contributed by atoms with E-state index in [0.29, 0.717) is 18.8 Å². The predicted molar refractivity (Wildman–Crippen MR) is 93.9 cm³/mol. The molecule has 3 rings (SSSR count). The van der Waals surface area contributed by atoms with Crippen LogP contribution in [0.1, 0.15) is 12.8 Å². The number of aromatic amines is 1. The van der Waals surface area contributed by atoms with E-state index >= 15 is 0 Å².